The van der Waals surface area contributed by atoms with Crippen LogP contribution in [0.3, 0.4) is 0 Å². The number of hydrogen-bond acceptors (Lipinski definition) is 3. The summed E-state index contributed by atoms with van der Waals surface area (Å²) < 4.78 is 35.8. The number of alkyl halides is 3. The summed E-state index contributed by atoms with van der Waals surface area (Å²) in [5.41, 5.74) is 0. The maximum atomic E-state index is 11.8. The Bertz CT molecular complexity index is 319. The van der Waals surface area contributed by atoms with Gasteiger partial charge in [-0.1, -0.05) is 0 Å². The lowest BCUT2D eigenvalue weighted by Gasteiger charge is -2.06. The number of carboxylic acid groups (broad SMARTS) is 1. The molecule has 0 radical (unpaired) electrons. The monoisotopic (exact) mass is 195 g/mol. The van der Waals surface area contributed by atoms with Gasteiger partial charge in [-0.2, -0.15) is 13.2 Å². The highest BCUT2D eigenvalue weighted by Crippen LogP contribution is 2.17. The molecule has 5 nitrogen and oxygen atoms in total. The van der Waals surface area contributed by atoms with E-state index in [1.165, 1.54) is 0 Å². The SMILES string of the molecule is O=C(O)c1nncn1CC(F)(F)F. The summed E-state index contributed by atoms with van der Waals surface area (Å²) >= 11 is 0. The molecule has 0 saturated carbocycles. The number of halogens is 3. The van der Waals surface area contributed by atoms with E-state index < -0.39 is 24.5 Å². The van der Waals surface area contributed by atoms with Crippen molar-refractivity contribution in [1.29, 1.82) is 0 Å². The third-order valence-corrected chi connectivity index (χ3v) is 1.16. The van der Waals surface area contributed by atoms with Gasteiger partial charge in [0.25, 0.3) is 0 Å². The lowest BCUT2D eigenvalue weighted by molar-refractivity contribution is -0.140. The van der Waals surface area contributed by atoms with Crippen LogP contribution >= 0.6 is 0 Å². The molecule has 1 aromatic rings. The number of rotatable bonds is 2. The molecule has 0 spiro atoms. The van der Waals surface area contributed by atoms with E-state index in [0.29, 0.717) is 4.57 Å². The number of nitrogens with zero attached hydrogens (tertiary/aromatic N) is 3. The maximum Gasteiger partial charge on any atom is 0.406 e. The first kappa shape index (κ1) is 9.49. The van der Waals surface area contributed by atoms with Crippen molar-refractivity contribution >= 4 is 5.97 Å². The fraction of sp³-hybridized carbons (Fsp3) is 0.400. The van der Waals surface area contributed by atoms with Crippen molar-refractivity contribution in [1.82, 2.24) is 14.8 Å². The Balaban J connectivity index is 2.89. The van der Waals surface area contributed by atoms with Gasteiger partial charge in [0.2, 0.25) is 5.82 Å². The Kier molecular flexibility index (Phi) is 2.22. The number of hydrogen-bond donors (Lipinski definition) is 1. The Labute approximate surface area is 69.8 Å². The predicted molar refractivity (Wildman–Crippen MR) is 33.0 cm³/mol. The van der Waals surface area contributed by atoms with Crippen LogP contribution in [0.5, 0.6) is 0 Å². The van der Waals surface area contributed by atoms with Crippen LogP contribution < -0.4 is 0 Å². The number of carbonyl (C=O) groups is 1. The standard InChI is InChI=1S/C5H4F3N3O2/c6-5(7,8)1-11-2-9-10-3(11)4(12)13/h2H,1H2,(H,12,13). The summed E-state index contributed by atoms with van der Waals surface area (Å²) in [4.78, 5) is 10.3. The molecule has 13 heavy (non-hydrogen) atoms. The number of carboxylic acids is 1. The molecular weight excluding hydrogens is 191 g/mol. The molecular formula is C5H4F3N3O2. The molecule has 0 fully saturated rings. The van der Waals surface area contributed by atoms with Crippen LogP contribution in [-0.2, 0) is 6.54 Å². The topological polar surface area (TPSA) is 68.0 Å². The minimum atomic E-state index is -4.48. The highest BCUT2D eigenvalue weighted by atomic mass is 19.4. The molecule has 0 bridgehead atoms. The second-order valence-corrected chi connectivity index (χ2v) is 2.20. The average Bonchev–Trinajstić information content (AvgIpc) is 2.31. The molecule has 1 heterocycles. The van der Waals surface area contributed by atoms with Gasteiger partial charge < -0.3 is 5.11 Å². The zero-order valence-electron chi connectivity index (χ0n) is 6.12. The molecule has 0 aliphatic heterocycles. The molecule has 8 heteroatoms. The second kappa shape index (κ2) is 3.04. The maximum absolute atomic E-state index is 11.8. The van der Waals surface area contributed by atoms with E-state index in [4.69, 9.17) is 5.11 Å². The summed E-state index contributed by atoms with van der Waals surface area (Å²) in [7, 11) is 0. The summed E-state index contributed by atoms with van der Waals surface area (Å²) in [5, 5.41) is 14.4. The van der Waals surface area contributed by atoms with Gasteiger partial charge in [-0.25, -0.2) is 4.79 Å². The van der Waals surface area contributed by atoms with Crippen molar-refractivity contribution in [2.24, 2.45) is 0 Å². The van der Waals surface area contributed by atoms with E-state index in [2.05, 4.69) is 10.2 Å². The summed E-state index contributed by atoms with van der Waals surface area (Å²) in [6.07, 6.45) is -3.76. The molecule has 1 rings (SSSR count). The summed E-state index contributed by atoms with van der Waals surface area (Å²) in [6.45, 7) is -1.40. The highest BCUT2D eigenvalue weighted by molar-refractivity contribution is 5.83. The Morgan fingerprint density at radius 2 is 2.23 bits per heavy atom. The largest absolute Gasteiger partial charge is 0.475 e. The zero-order chi connectivity index (χ0) is 10.1. The zero-order valence-corrected chi connectivity index (χ0v) is 6.12. The van der Waals surface area contributed by atoms with Crippen molar-refractivity contribution in [2.45, 2.75) is 12.7 Å². The molecule has 0 unspecified atom stereocenters. The average molecular weight is 195 g/mol. The molecule has 0 saturated heterocycles. The second-order valence-electron chi connectivity index (χ2n) is 2.20. The third-order valence-electron chi connectivity index (χ3n) is 1.16. The molecule has 1 N–H and O–H groups in total. The van der Waals surface area contributed by atoms with Crippen LogP contribution in [-0.4, -0.2) is 32.0 Å². The lowest BCUT2D eigenvalue weighted by atomic mass is 10.5. The molecule has 0 atom stereocenters. The van der Waals surface area contributed by atoms with E-state index in [0.717, 1.165) is 6.33 Å². The van der Waals surface area contributed by atoms with Crippen LogP contribution in [0.25, 0.3) is 0 Å². The molecule has 0 aliphatic carbocycles. The first-order chi connectivity index (χ1) is 5.90. The van der Waals surface area contributed by atoms with Crippen molar-refractivity contribution in [3.63, 3.8) is 0 Å². The van der Waals surface area contributed by atoms with E-state index in [-0.39, 0.29) is 0 Å². The minimum absolute atomic E-state index is 0.419. The Hall–Kier alpha value is -1.60. The van der Waals surface area contributed by atoms with E-state index in [1.807, 2.05) is 0 Å². The van der Waals surface area contributed by atoms with E-state index >= 15 is 0 Å². The van der Waals surface area contributed by atoms with Crippen LogP contribution in [0.4, 0.5) is 13.2 Å². The lowest BCUT2D eigenvalue weighted by Crippen LogP contribution is -2.20. The molecule has 1 aromatic heterocycles. The smallest absolute Gasteiger partial charge is 0.406 e. The van der Waals surface area contributed by atoms with Crippen LogP contribution in [0.1, 0.15) is 10.6 Å². The van der Waals surface area contributed by atoms with E-state index in [9.17, 15) is 18.0 Å². The van der Waals surface area contributed by atoms with Crippen LogP contribution in [0.15, 0.2) is 6.33 Å². The quantitative estimate of drug-likeness (QED) is 0.747. The van der Waals surface area contributed by atoms with Gasteiger partial charge in [0.05, 0.1) is 0 Å². The molecule has 0 amide bonds. The highest BCUT2D eigenvalue weighted by Gasteiger charge is 2.30. The Morgan fingerprint density at radius 3 is 2.69 bits per heavy atom. The van der Waals surface area contributed by atoms with Crippen LogP contribution in [0.2, 0.25) is 0 Å². The third kappa shape index (κ3) is 2.42. The van der Waals surface area contributed by atoms with Crippen molar-refractivity contribution in [2.75, 3.05) is 0 Å². The predicted octanol–water partition coefficient (Wildman–Crippen LogP) is 0.539. The van der Waals surface area contributed by atoms with Gasteiger partial charge >= 0.3 is 12.1 Å². The number of aromatic carboxylic acids is 1. The Morgan fingerprint density at radius 1 is 1.62 bits per heavy atom. The normalized spacial score (nSPS) is 11.6. The molecule has 72 valence electrons. The molecule has 0 aromatic carbocycles. The molecule has 0 aliphatic rings. The fourth-order valence-corrected chi connectivity index (χ4v) is 0.729. The van der Waals surface area contributed by atoms with Crippen molar-refractivity contribution in [3.8, 4) is 0 Å². The van der Waals surface area contributed by atoms with Gasteiger partial charge in [-0.15, -0.1) is 10.2 Å². The van der Waals surface area contributed by atoms with Gasteiger partial charge in [0, 0.05) is 0 Å². The van der Waals surface area contributed by atoms with Crippen molar-refractivity contribution < 1.29 is 23.1 Å². The van der Waals surface area contributed by atoms with Crippen LogP contribution in [0, 0.1) is 0 Å². The van der Waals surface area contributed by atoms with Gasteiger partial charge in [0.1, 0.15) is 12.9 Å². The van der Waals surface area contributed by atoms with E-state index in [1.54, 1.807) is 0 Å². The number of aromatic nitrogens is 3. The summed E-state index contributed by atoms with van der Waals surface area (Å²) in [6, 6.07) is 0. The fourth-order valence-electron chi connectivity index (χ4n) is 0.729. The first-order valence-corrected chi connectivity index (χ1v) is 3.08. The van der Waals surface area contributed by atoms with Gasteiger partial charge in [-0.3, -0.25) is 4.57 Å². The first-order valence-electron chi connectivity index (χ1n) is 3.08. The summed E-state index contributed by atoms with van der Waals surface area (Å²) in [5.74, 6) is -2.26. The minimum Gasteiger partial charge on any atom is -0.475 e. The van der Waals surface area contributed by atoms with Crippen molar-refractivity contribution in [3.05, 3.63) is 12.2 Å². The van der Waals surface area contributed by atoms with Gasteiger partial charge in [-0.05, 0) is 0 Å². The van der Waals surface area contributed by atoms with Gasteiger partial charge in [0.15, 0.2) is 0 Å².